The van der Waals surface area contributed by atoms with E-state index in [1.807, 2.05) is 37.3 Å². The predicted octanol–water partition coefficient (Wildman–Crippen LogP) is 5.59. The van der Waals surface area contributed by atoms with Crippen molar-refractivity contribution in [3.8, 4) is 5.75 Å². The van der Waals surface area contributed by atoms with Gasteiger partial charge in [-0.3, -0.25) is 13.9 Å². The van der Waals surface area contributed by atoms with Crippen molar-refractivity contribution in [3.05, 3.63) is 92.9 Å². The van der Waals surface area contributed by atoms with Crippen molar-refractivity contribution >= 4 is 62.3 Å². The van der Waals surface area contributed by atoms with Crippen LogP contribution in [0.2, 0.25) is 15.1 Å². The van der Waals surface area contributed by atoms with Crippen molar-refractivity contribution in [2.24, 2.45) is 0 Å². The van der Waals surface area contributed by atoms with E-state index in [0.717, 1.165) is 16.1 Å². The lowest BCUT2D eigenvalue weighted by Crippen LogP contribution is -2.53. The van der Waals surface area contributed by atoms with Crippen molar-refractivity contribution in [3.63, 3.8) is 0 Å². The molecule has 3 aromatic carbocycles. The molecule has 0 aliphatic carbocycles. The number of ether oxygens (including phenoxy) is 1. The van der Waals surface area contributed by atoms with Crippen LogP contribution in [0.3, 0.4) is 0 Å². The SMILES string of the molecule is CCCNC(=O)[C@@H](Cc1ccccc1)N(Cc1ccc(Cl)c(Cl)c1)C(=O)CN(c1ccc(OC)c(Cl)c1)S(C)(=O)=O. The molecule has 41 heavy (non-hydrogen) atoms. The number of amides is 2. The fourth-order valence-electron chi connectivity index (χ4n) is 4.18. The van der Waals surface area contributed by atoms with Crippen LogP contribution < -0.4 is 14.4 Å². The van der Waals surface area contributed by atoms with E-state index in [1.54, 1.807) is 18.2 Å². The highest BCUT2D eigenvalue weighted by Gasteiger charge is 2.33. The first-order valence-corrected chi connectivity index (χ1v) is 15.8. The fraction of sp³-hybridized carbons (Fsp3) is 0.310. The zero-order valence-corrected chi connectivity index (χ0v) is 26.0. The van der Waals surface area contributed by atoms with Crippen LogP contribution in [0.4, 0.5) is 5.69 Å². The van der Waals surface area contributed by atoms with Gasteiger partial charge in [0.25, 0.3) is 0 Å². The van der Waals surface area contributed by atoms with Crippen LogP contribution in [0.15, 0.2) is 66.7 Å². The average molecular weight is 641 g/mol. The van der Waals surface area contributed by atoms with Crippen LogP contribution in [0.25, 0.3) is 0 Å². The molecule has 0 saturated heterocycles. The monoisotopic (exact) mass is 639 g/mol. The standard InChI is InChI=1S/C29H32Cl3N3O5S/c1-4-14-33-29(37)26(16-20-8-6-5-7-9-20)34(18-21-10-12-23(30)24(31)15-21)28(36)19-35(41(3,38)39)22-11-13-27(40-2)25(32)17-22/h5-13,15,17,26H,4,14,16,18-19H2,1-3H3,(H,33,37)/t26-/m1/s1. The van der Waals surface area contributed by atoms with E-state index in [0.29, 0.717) is 29.3 Å². The number of benzene rings is 3. The van der Waals surface area contributed by atoms with Gasteiger partial charge in [-0.15, -0.1) is 0 Å². The smallest absolute Gasteiger partial charge is 0.244 e. The molecule has 0 heterocycles. The lowest BCUT2D eigenvalue weighted by molar-refractivity contribution is -0.140. The van der Waals surface area contributed by atoms with Crippen molar-refractivity contribution in [1.82, 2.24) is 10.2 Å². The minimum absolute atomic E-state index is 0.0201. The normalized spacial score (nSPS) is 12.0. The second kappa shape index (κ2) is 14.8. The van der Waals surface area contributed by atoms with Gasteiger partial charge < -0.3 is 15.0 Å². The third-order valence-corrected chi connectivity index (χ3v) is 8.43. The summed E-state index contributed by atoms with van der Waals surface area (Å²) < 4.78 is 31.9. The third kappa shape index (κ3) is 9.00. The Morgan fingerprint density at radius 2 is 1.63 bits per heavy atom. The largest absolute Gasteiger partial charge is 0.495 e. The summed E-state index contributed by atoms with van der Waals surface area (Å²) in [5, 5.41) is 3.70. The van der Waals surface area contributed by atoms with E-state index >= 15 is 0 Å². The summed E-state index contributed by atoms with van der Waals surface area (Å²) in [6, 6.07) is 17.7. The molecule has 12 heteroatoms. The second-order valence-electron chi connectivity index (χ2n) is 9.36. The zero-order chi connectivity index (χ0) is 30.2. The Labute approximate surface area is 256 Å². The minimum Gasteiger partial charge on any atom is -0.495 e. The molecule has 0 fully saturated rings. The predicted molar refractivity (Wildman–Crippen MR) is 164 cm³/mol. The maximum absolute atomic E-state index is 14.1. The molecule has 2 amide bonds. The first-order chi connectivity index (χ1) is 19.4. The van der Waals surface area contributed by atoms with Crippen LogP contribution in [0.5, 0.6) is 5.75 Å². The molecule has 3 aromatic rings. The Hall–Kier alpha value is -2.98. The Kier molecular flexibility index (Phi) is 11.7. The molecule has 0 aliphatic heterocycles. The summed E-state index contributed by atoms with van der Waals surface area (Å²) in [5.41, 5.74) is 1.63. The number of carbonyl (C=O) groups is 2. The van der Waals surface area contributed by atoms with Gasteiger partial charge in [0.15, 0.2) is 0 Å². The molecular formula is C29H32Cl3N3O5S. The van der Waals surface area contributed by atoms with Crippen molar-refractivity contribution in [2.75, 3.05) is 30.8 Å². The number of sulfonamides is 1. The zero-order valence-electron chi connectivity index (χ0n) is 22.9. The van der Waals surface area contributed by atoms with Crippen molar-refractivity contribution in [2.45, 2.75) is 32.4 Å². The Balaban J connectivity index is 2.07. The lowest BCUT2D eigenvalue weighted by Gasteiger charge is -2.33. The minimum atomic E-state index is -3.94. The molecule has 0 saturated carbocycles. The molecular weight excluding hydrogens is 609 g/mol. The number of hydrogen-bond donors (Lipinski definition) is 1. The topological polar surface area (TPSA) is 96.0 Å². The van der Waals surface area contributed by atoms with E-state index in [9.17, 15) is 18.0 Å². The highest BCUT2D eigenvalue weighted by atomic mass is 35.5. The summed E-state index contributed by atoms with van der Waals surface area (Å²) in [7, 11) is -2.50. The molecule has 3 rings (SSSR count). The van der Waals surface area contributed by atoms with Gasteiger partial charge in [0, 0.05) is 19.5 Å². The van der Waals surface area contributed by atoms with E-state index in [4.69, 9.17) is 39.5 Å². The summed E-state index contributed by atoms with van der Waals surface area (Å²) in [4.78, 5) is 29.0. The molecule has 0 unspecified atom stereocenters. The average Bonchev–Trinajstić information content (AvgIpc) is 2.93. The first kappa shape index (κ1) is 32.5. The number of halogens is 3. The number of carbonyl (C=O) groups excluding carboxylic acids is 2. The summed E-state index contributed by atoms with van der Waals surface area (Å²) >= 11 is 18.6. The second-order valence-corrected chi connectivity index (χ2v) is 12.5. The number of nitrogens with zero attached hydrogens (tertiary/aromatic N) is 2. The number of nitrogens with one attached hydrogen (secondary N) is 1. The highest BCUT2D eigenvalue weighted by Crippen LogP contribution is 2.31. The summed E-state index contributed by atoms with van der Waals surface area (Å²) in [6.45, 7) is 1.75. The molecule has 0 aliphatic rings. The van der Waals surface area contributed by atoms with Gasteiger partial charge in [0.1, 0.15) is 18.3 Å². The number of anilines is 1. The Morgan fingerprint density at radius 1 is 0.927 bits per heavy atom. The van der Waals surface area contributed by atoms with Gasteiger partial charge in [0.05, 0.1) is 34.1 Å². The van der Waals surface area contributed by atoms with Gasteiger partial charge in [-0.2, -0.15) is 0 Å². The Bertz CT molecular complexity index is 1470. The number of methoxy groups -OCH3 is 1. The van der Waals surface area contributed by atoms with Crippen LogP contribution >= 0.6 is 34.8 Å². The van der Waals surface area contributed by atoms with Gasteiger partial charge in [-0.05, 0) is 47.9 Å². The van der Waals surface area contributed by atoms with Gasteiger partial charge in [0.2, 0.25) is 21.8 Å². The van der Waals surface area contributed by atoms with Crippen LogP contribution in [-0.2, 0) is 32.6 Å². The van der Waals surface area contributed by atoms with Gasteiger partial charge in [-0.1, -0.05) is 78.1 Å². The molecule has 0 bridgehead atoms. The molecule has 1 N–H and O–H groups in total. The first-order valence-electron chi connectivity index (χ1n) is 12.8. The van der Waals surface area contributed by atoms with E-state index in [-0.39, 0.29) is 34.6 Å². The van der Waals surface area contributed by atoms with Gasteiger partial charge >= 0.3 is 0 Å². The molecule has 1 atom stereocenters. The summed E-state index contributed by atoms with van der Waals surface area (Å²) in [6.07, 6.45) is 1.90. The van der Waals surface area contributed by atoms with Crippen molar-refractivity contribution in [1.29, 1.82) is 0 Å². The number of rotatable bonds is 13. The quantitative estimate of drug-likeness (QED) is 0.263. The molecule has 0 radical (unpaired) electrons. The molecule has 0 spiro atoms. The van der Waals surface area contributed by atoms with Crippen molar-refractivity contribution < 1.29 is 22.7 Å². The van der Waals surface area contributed by atoms with E-state index in [2.05, 4.69) is 5.32 Å². The summed E-state index contributed by atoms with van der Waals surface area (Å²) in [5.74, 6) is -0.601. The van der Waals surface area contributed by atoms with E-state index < -0.39 is 28.5 Å². The third-order valence-electron chi connectivity index (χ3n) is 6.26. The van der Waals surface area contributed by atoms with E-state index in [1.165, 1.54) is 30.2 Å². The lowest BCUT2D eigenvalue weighted by atomic mass is 10.0. The molecule has 8 nitrogen and oxygen atoms in total. The molecule has 220 valence electrons. The van der Waals surface area contributed by atoms with Crippen LogP contribution in [0.1, 0.15) is 24.5 Å². The maximum Gasteiger partial charge on any atom is 0.244 e. The van der Waals surface area contributed by atoms with Gasteiger partial charge in [-0.25, -0.2) is 8.42 Å². The highest BCUT2D eigenvalue weighted by molar-refractivity contribution is 7.92. The molecule has 0 aromatic heterocycles. The Morgan fingerprint density at radius 3 is 2.22 bits per heavy atom. The number of hydrogen-bond acceptors (Lipinski definition) is 5. The fourth-order valence-corrected chi connectivity index (χ4v) is 5.59. The van der Waals surface area contributed by atoms with Crippen LogP contribution in [0, 0.1) is 0 Å². The maximum atomic E-state index is 14.1. The van der Waals surface area contributed by atoms with Crippen LogP contribution in [-0.4, -0.2) is 57.6 Å².